The van der Waals surface area contributed by atoms with E-state index in [9.17, 15) is 4.79 Å². The molecule has 0 unspecified atom stereocenters. The van der Waals surface area contributed by atoms with Crippen LogP contribution in [-0.4, -0.2) is 29.9 Å². The number of aryl methyl sites for hydroxylation is 1. The first-order valence-electron chi connectivity index (χ1n) is 8.53. The second-order valence-electron chi connectivity index (χ2n) is 5.93. The predicted octanol–water partition coefficient (Wildman–Crippen LogP) is 3.25. The molecule has 0 saturated heterocycles. The van der Waals surface area contributed by atoms with Crippen molar-refractivity contribution in [1.29, 1.82) is 0 Å². The molecule has 3 aromatic rings. The molecule has 1 N–H and O–H groups in total. The summed E-state index contributed by atoms with van der Waals surface area (Å²) < 4.78 is 12.8. The lowest BCUT2D eigenvalue weighted by atomic mass is 10.1. The van der Waals surface area contributed by atoms with Gasteiger partial charge in [-0.2, -0.15) is 5.10 Å². The number of hydrogen-bond donors (Lipinski definition) is 1. The van der Waals surface area contributed by atoms with Crippen molar-refractivity contribution in [2.24, 2.45) is 10.1 Å². The molecule has 8 heteroatoms. The van der Waals surface area contributed by atoms with Gasteiger partial charge >= 0.3 is 0 Å². The van der Waals surface area contributed by atoms with Crippen molar-refractivity contribution >= 4 is 29.1 Å². The van der Waals surface area contributed by atoms with E-state index in [1.807, 2.05) is 49.6 Å². The van der Waals surface area contributed by atoms with Gasteiger partial charge in [0.25, 0.3) is 5.91 Å². The van der Waals surface area contributed by atoms with Gasteiger partial charge in [-0.15, -0.1) is 11.3 Å². The summed E-state index contributed by atoms with van der Waals surface area (Å²) >= 11 is 1.51. The number of hydrogen-bond acceptors (Lipinski definition) is 6. The van der Waals surface area contributed by atoms with Crippen LogP contribution >= 0.6 is 11.3 Å². The second-order valence-corrected chi connectivity index (χ2v) is 6.77. The zero-order chi connectivity index (χ0) is 18.8. The summed E-state index contributed by atoms with van der Waals surface area (Å²) in [5, 5.41) is 9.40. The number of aromatic nitrogens is 1. The molecule has 0 bridgehead atoms. The van der Waals surface area contributed by atoms with Gasteiger partial charge in [0.1, 0.15) is 17.3 Å². The van der Waals surface area contributed by atoms with E-state index in [1.54, 1.807) is 10.9 Å². The van der Waals surface area contributed by atoms with Crippen molar-refractivity contribution in [3.8, 4) is 17.0 Å². The van der Waals surface area contributed by atoms with E-state index in [0.717, 1.165) is 21.8 Å². The van der Waals surface area contributed by atoms with Crippen LogP contribution in [0.25, 0.3) is 11.3 Å². The number of anilines is 1. The molecule has 1 aliphatic rings. The Hall–Kier alpha value is -3.13. The number of benzene rings is 1. The highest BCUT2D eigenvalue weighted by atomic mass is 32.1. The van der Waals surface area contributed by atoms with Crippen molar-refractivity contribution in [2.45, 2.75) is 13.8 Å². The summed E-state index contributed by atoms with van der Waals surface area (Å²) in [6, 6.07) is 9.44. The third-order valence-corrected chi connectivity index (χ3v) is 4.80. The minimum Gasteiger partial charge on any atom is -0.482 e. The molecule has 4 rings (SSSR count). The Kier molecular flexibility index (Phi) is 4.64. The lowest BCUT2D eigenvalue weighted by molar-refractivity contribution is -0.118. The minimum atomic E-state index is -0.161. The molecule has 0 spiro atoms. The summed E-state index contributed by atoms with van der Waals surface area (Å²) in [6.45, 7) is 4.57. The quantitative estimate of drug-likeness (QED) is 0.703. The molecule has 7 nitrogen and oxygen atoms in total. The molecule has 0 fully saturated rings. The van der Waals surface area contributed by atoms with Crippen LogP contribution in [0.4, 0.5) is 5.69 Å². The van der Waals surface area contributed by atoms with Gasteiger partial charge in [-0.25, -0.2) is 4.68 Å². The van der Waals surface area contributed by atoms with E-state index in [1.165, 1.54) is 11.3 Å². The lowest BCUT2D eigenvalue weighted by Crippen LogP contribution is -2.25. The molecule has 3 heterocycles. The molecule has 1 aromatic carbocycles. The highest BCUT2D eigenvalue weighted by Gasteiger charge is 2.17. The number of carbonyl (C=O) groups is 1. The highest BCUT2D eigenvalue weighted by Crippen LogP contribution is 2.32. The monoisotopic (exact) mass is 382 g/mol. The molecule has 0 radical (unpaired) electrons. The molecule has 0 aliphatic carbocycles. The van der Waals surface area contributed by atoms with Crippen LogP contribution in [0.3, 0.4) is 0 Å². The molecule has 0 atom stereocenters. The first kappa shape index (κ1) is 17.3. The van der Waals surface area contributed by atoms with Crippen LogP contribution in [0.5, 0.6) is 5.75 Å². The largest absolute Gasteiger partial charge is 0.482 e. The van der Waals surface area contributed by atoms with Crippen LogP contribution in [0, 0.1) is 6.92 Å². The van der Waals surface area contributed by atoms with Gasteiger partial charge in [0.15, 0.2) is 6.61 Å². The fraction of sp³-hybridized carbons (Fsp3) is 0.211. The maximum atomic E-state index is 11.6. The van der Waals surface area contributed by atoms with Crippen molar-refractivity contribution in [2.75, 3.05) is 18.5 Å². The van der Waals surface area contributed by atoms with E-state index in [2.05, 4.69) is 15.4 Å². The molecular formula is C19H18N4O3S. The van der Waals surface area contributed by atoms with Gasteiger partial charge in [0.2, 0.25) is 4.80 Å². The Labute approximate surface area is 159 Å². The Morgan fingerprint density at radius 3 is 3.00 bits per heavy atom. The van der Waals surface area contributed by atoms with E-state index in [-0.39, 0.29) is 12.5 Å². The SMILES string of the molecule is CCN=c1scc(-c2ccc3c(c2)NC(=O)CO3)n1N=Cc1ccc(C)o1. The normalized spacial score (nSPS) is 14.3. The zero-order valence-corrected chi connectivity index (χ0v) is 15.7. The average Bonchev–Trinajstić information content (AvgIpc) is 3.25. The fourth-order valence-electron chi connectivity index (χ4n) is 2.73. The fourth-order valence-corrected chi connectivity index (χ4v) is 3.63. The van der Waals surface area contributed by atoms with E-state index < -0.39 is 0 Å². The molecule has 27 heavy (non-hydrogen) atoms. The first-order valence-corrected chi connectivity index (χ1v) is 9.41. The maximum absolute atomic E-state index is 11.6. The standard InChI is InChI=1S/C19H18N4O3S/c1-3-20-19-23(21-9-14-6-4-12(2)26-14)16(11-27-19)13-5-7-17-15(8-13)22-18(24)10-25-17/h4-9,11H,3,10H2,1-2H3,(H,22,24). The minimum absolute atomic E-state index is 0.0389. The summed E-state index contributed by atoms with van der Waals surface area (Å²) in [5.74, 6) is 2.00. The number of thiazole rings is 1. The lowest BCUT2D eigenvalue weighted by Gasteiger charge is -2.18. The summed E-state index contributed by atoms with van der Waals surface area (Å²) in [6.07, 6.45) is 1.67. The first-order chi connectivity index (χ1) is 13.1. The van der Waals surface area contributed by atoms with Crippen LogP contribution in [0.2, 0.25) is 0 Å². The number of ether oxygens (including phenoxy) is 1. The van der Waals surface area contributed by atoms with Crippen molar-refractivity contribution < 1.29 is 13.9 Å². The number of nitrogens with one attached hydrogen (secondary N) is 1. The van der Waals surface area contributed by atoms with Crippen LogP contribution in [0.15, 0.2) is 50.2 Å². The number of nitrogens with zero attached hydrogens (tertiary/aromatic N) is 3. The molecular weight excluding hydrogens is 364 g/mol. The summed E-state index contributed by atoms with van der Waals surface area (Å²) in [4.78, 5) is 16.9. The van der Waals surface area contributed by atoms with E-state index >= 15 is 0 Å². The second kappa shape index (κ2) is 7.24. The zero-order valence-electron chi connectivity index (χ0n) is 14.9. The molecule has 0 saturated carbocycles. The molecule has 1 aliphatic heterocycles. The topological polar surface area (TPSA) is 81.1 Å². The molecule has 1 amide bonds. The number of carbonyl (C=O) groups excluding carboxylic acids is 1. The maximum Gasteiger partial charge on any atom is 0.262 e. The van der Waals surface area contributed by atoms with E-state index in [4.69, 9.17) is 9.15 Å². The van der Waals surface area contributed by atoms with Crippen molar-refractivity contribution in [1.82, 2.24) is 4.68 Å². The van der Waals surface area contributed by atoms with Crippen molar-refractivity contribution in [3.05, 3.63) is 52.0 Å². The highest BCUT2D eigenvalue weighted by molar-refractivity contribution is 7.07. The van der Waals surface area contributed by atoms with Crippen molar-refractivity contribution in [3.63, 3.8) is 0 Å². The van der Waals surface area contributed by atoms with Gasteiger partial charge in [0.05, 0.1) is 17.6 Å². The number of rotatable bonds is 4. The smallest absolute Gasteiger partial charge is 0.262 e. The predicted molar refractivity (Wildman–Crippen MR) is 104 cm³/mol. The van der Waals surface area contributed by atoms with Crippen LogP contribution in [-0.2, 0) is 4.79 Å². The number of furan rings is 1. The van der Waals surface area contributed by atoms with Crippen LogP contribution < -0.4 is 14.9 Å². The van der Waals surface area contributed by atoms with E-state index in [0.29, 0.717) is 23.7 Å². The number of fused-ring (bicyclic) bond motifs is 1. The van der Waals surface area contributed by atoms with Gasteiger partial charge in [0, 0.05) is 17.5 Å². The summed E-state index contributed by atoms with van der Waals surface area (Å²) in [5.41, 5.74) is 2.43. The molecule has 2 aromatic heterocycles. The van der Waals surface area contributed by atoms with Gasteiger partial charge < -0.3 is 14.5 Å². The Morgan fingerprint density at radius 1 is 1.33 bits per heavy atom. The number of amides is 1. The Morgan fingerprint density at radius 2 is 2.22 bits per heavy atom. The Bertz CT molecular complexity index is 1090. The average molecular weight is 382 g/mol. The third kappa shape index (κ3) is 3.56. The summed E-state index contributed by atoms with van der Waals surface area (Å²) in [7, 11) is 0. The Balaban J connectivity index is 1.77. The van der Waals surface area contributed by atoms with Gasteiger partial charge in [-0.3, -0.25) is 9.79 Å². The van der Waals surface area contributed by atoms with Gasteiger partial charge in [-0.1, -0.05) is 0 Å². The third-order valence-electron chi connectivity index (χ3n) is 3.95. The molecule has 138 valence electrons. The van der Waals surface area contributed by atoms with Crippen LogP contribution in [0.1, 0.15) is 18.4 Å². The van der Waals surface area contributed by atoms with Gasteiger partial charge in [-0.05, 0) is 44.2 Å².